The smallest absolute Gasteiger partial charge is 0.322 e. The summed E-state index contributed by atoms with van der Waals surface area (Å²) < 4.78 is 29.3. The average molecular weight is 267 g/mol. The summed E-state index contributed by atoms with van der Waals surface area (Å²) in [7, 11) is -3.68. The van der Waals surface area contributed by atoms with Gasteiger partial charge in [-0.15, -0.1) is 0 Å². The molecule has 0 saturated heterocycles. The van der Waals surface area contributed by atoms with Crippen molar-refractivity contribution in [1.82, 2.24) is 4.72 Å². The highest BCUT2D eigenvalue weighted by molar-refractivity contribution is 7.90. The second-order valence-electron chi connectivity index (χ2n) is 3.31. The van der Waals surface area contributed by atoms with Gasteiger partial charge in [0, 0.05) is 13.0 Å². The van der Waals surface area contributed by atoms with Crippen LogP contribution in [0.2, 0.25) is 0 Å². The molecular formula is C9H17NO6S. The molecule has 0 aliphatic carbocycles. The van der Waals surface area contributed by atoms with E-state index in [0.29, 0.717) is 12.8 Å². The van der Waals surface area contributed by atoms with Crippen LogP contribution >= 0.6 is 0 Å². The molecule has 0 unspecified atom stereocenters. The van der Waals surface area contributed by atoms with E-state index < -0.39 is 27.7 Å². The maximum Gasteiger partial charge on any atom is 0.322 e. The van der Waals surface area contributed by atoms with Crippen LogP contribution in [0, 0.1) is 0 Å². The average Bonchev–Trinajstić information content (AvgIpc) is 2.15. The fraction of sp³-hybridized carbons (Fsp3) is 0.778. The first-order valence-electron chi connectivity index (χ1n) is 5.22. The molecule has 0 aromatic rings. The Kier molecular flexibility index (Phi) is 7.47. The zero-order valence-corrected chi connectivity index (χ0v) is 10.5. The zero-order valence-electron chi connectivity index (χ0n) is 9.64. The first kappa shape index (κ1) is 15.9. The summed E-state index contributed by atoms with van der Waals surface area (Å²) in [6.07, 6.45) is 0.797. The van der Waals surface area contributed by atoms with Crippen molar-refractivity contribution >= 4 is 22.0 Å². The number of carboxylic acids is 1. The highest BCUT2D eigenvalue weighted by Gasteiger charge is 2.16. The van der Waals surface area contributed by atoms with Crippen molar-refractivity contribution in [3.05, 3.63) is 0 Å². The van der Waals surface area contributed by atoms with E-state index in [1.807, 2.05) is 0 Å². The molecule has 0 aromatic heterocycles. The van der Waals surface area contributed by atoms with Gasteiger partial charge in [0.15, 0.2) is 5.75 Å². The molecule has 0 aliphatic rings. The third kappa shape index (κ3) is 9.76. The van der Waals surface area contributed by atoms with Gasteiger partial charge in [0.25, 0.3) is 0 Å². The molecule has 0 atom stereocenters. The van der Waals surface area contributed by atoms with Crippen molar-refractivity contribution in [2.24, 2.45) is 0 Å². The van der Waals surface area contributed by atoms with Crippen molar-refractivity contribution in [2.75, 3.05) is 18.9 Å². The number of rotatable bonds is 9. The lowest BCUT2D eigenvalue weighted by molar-refractivity contribution is -0.140. The molecule has 7 nitrogen and oxygen atoms in total. The Morgan fingerprint density at radius 1 is 1.29 bits per heavy atom. The number of unbranched alkanes of at least 4 members (excludes halogenated alkanes) is 1. The van der Waals surface area contributed by atoms with Crippen LogP contribution in [0.3, 0.4) is 0 Å². The molecule has 17 heavy (non-hydrogen) atoms. The topological polar surface area (TPSA) is 110 Å². The van der Waals surface area contributed by atoms with E-state index in [1.54, 1.807) is 6.92 Å². The fourth-order valence-electron chi connectivity index (χ4n) is 1.04. The molecular weight excluding hydrogens is 250 g/mol. The van der Waals surface area contributed by atoms with Crippen LogP contribution in [0.25, 0.3) is 0 Å². The molecule has 0 saturated carbocycles. The Labute approximate surface area is 100 Å². The highest BCUT2D eigenvalue weighted by atomic mass is 32.2. The lowest BCUT2D eigenvalue weighted by Crippen LogP contribution is -2.31. The van der Waals surface area contributed by atoms with Gasteiger partial charge >= 0.3 is 11.9 Å². The summed E-state index contributed by atoms with van der Waals surface area (Å²) in [5, 5.41) is 8.35. The Hall–Kier alpha value is -1.15. The van der Waals surface area contributed by atoms with Gasteiger partial charge < -0.3 is 9.84 Å². The molecule has 0 heterocycles. The Balaban J connectivity index is 3.79. The van der Waals surface area contributed by atoms with Gasteiger partial charge in [0.1, 0.15) is 0 Å². The van der Waals surface area contributed by atoms with Gasteiger partial charge in [-0.25, -0.2) is 13.1 Å². The molecule has 0 amide bonds. The van der Waals surface area contributed by atoms with E-state index in [1.165, 1.54) is 0 Å². The van der Waals surface area contributed by atoms with E-state index in [9.17, 15) is 18.0 Å². The van der Waals surface area contributed by atoms with E-state index in [4.69, 9.17) is 5.11 Å². The predicted octanol–water partition coefficient (Wildman–Crippen LogP) is -0.276. The number of carbonyl (C=O) groups is 2. The SMILES string of the molecule is CCOC(=O)CS(=O)(=O)NCCCCC(=O)O. The van der Waals surface area contributed by atoms with E-state index in [0.717, 1.165) is 0 Å². The number of carboxylic acid groups (broad SMARTS) is 1. The number of ether oxygens (including phenoxy) is 1. The number of esters is 1. The summed E-state index contributed by atoms with van der Waals surface area (Å²) in [5.41, 5.74) is 0. The number of sulfonamides is 1. The van der Waals surface area contributed by atoms with Gasteiger partial charge in [-0.2, -0.15) is 0 Å². The van der Waals surface area contributed by atoms with Gasteiger partial charge in [-0.3, -0.25) is 9.59 Å². The Morgan fingerprint density at radius 2 is 1.94 bits per heavy atom. The number of nitrogens with one attached hydrogen (secondary N) is 1. The standard InChI is InChI=1S/C9H17NO6S/c1-2-16-9(13)7-17(14,15)10-6-4-3-5-8(11)12/h10H,2-7H2,1H3,(H,11,12). The van der Waals surface area contributed by atoms with Gasteiger partial charge in [-0.1, -0.05) is 0 Å². The molecule has 8 heteroatoms. The summed E-state index contributed by atoms with van der Waals surface area (Å²) in [5.74, 6) is -2.43. The van der Waals surface area contributed by atoms with Crippen molar-refractivity contribution in [1.29, 1.82) is 0 Å². The van der Waals surface area contributed by atoms with Crippen LogP contribution in [-0.2, 0) is 24.3 Å². The minimum Gasteiger partial charge on any atom is -0.481 e. The van der Waals surface area contributed by atoms with Crippen molar-refractivity contribution in [3.63, 3.8) is 0 Å². The lowest BCUT2D eigenvalue weighted by atomic mass is 10.2. The summed E-state index contributed by atoms with van der Waals surface area (Å²) in [4.78, 5) is 21.1. The van der Waals surface area contributed by atoms with Gasteiger partial charge in [0.2, 0.25) is 10.0 Å². The zero-order chi connectivity index (χ0) is 13.3. The number of aliphatic carboxylic acids is 1. The first-order chi connectivity index (χ1) is 7.87. The number of hydrogen-bond donors (Lipinski definition) is 2. The van der Waals surface area contributed by atoms with Crippen LogP contribution in [-0.4, -0.2) is 44.4 Å². The molecule has 0 radical (unpaired) electrons. The Bertz CT molecular complexity index is 350. The van der Waals surface area contributed by atoms with Crippen molar-refractivity contribution in [2.45, 2.75) is 26.2 Å². The summed E-state index contributed by atoms with van der Waals surface area (Å²) >= 11 is 0. The maximum absolute atomic E-state index is 11.3. The first-order valence-corrected chi connectivity index (χ1v) is 6.87. The van der Waals surface area contributed by atoms with Crippen molar-refractivity contribution < 1.29 is 27.9 Å². The fourth-order valence-corrected chi connectivity index (χ4v) is 1.99. The Morgan fingerprint density at radius 3 is 2.47 bits per heavy atom. The predicted molar refractivity (Wildman–Crippen MR) is 59.9 cm³/mol. The molecule has 0 fully saturated rings. The van der Waals surface area contributed by atoms with Crippen LogP contribution in [0.5, 0.6) is 0 Å². The van der Waals surface area contributed by atoms with Gasteiger partial charge in [-0.05, 0) is 19.8 Å². The molecule has 100 valence electrons. The molecule has 0 rings (SSSR count). The molecule has 0 spiro atoms. The molecule has 0 bridgehead atoms. The maximum atomic E-state index is 11.3. The molecule has 2 N–H and O–H groups in total. The largest absolute Gasteiger partial charge is 0.481 e. The summed E-state index contributed by atoms with van der Waals surface area (Å²) in [6.45, 7) is 1.84. The van der Waals surface area contributed by atoms with Crippen LogP contribution in [0.4, 0.5) is 0 Å². The second-order valence-corrected chi connectivity index (χ2v) is 5.12. The third-order valence-corrected chi connectivity index (χ3v) is 3.01. The highest BCUT2D eigenvalue weighted by Crippen LogP contribution is 1.95. The lowest BCUT2D eigenvalue weighted by Gasteiger charge is -2.05. The van der Waals surface area contributed by atoms with Crippen LogP contribution in [0.1, 0.15) is 26.2 Å². The van der Waals surface area contributed by atoms with Gasteiger partial charge in [0.05, 0.1) is 6.61 Å². The minimum atomic E-state index is -3.68. The third-order valence-electron chi connectivity index (χ3n) is 1.75. The second kappa shape index (κ2) is 8.02. The van der Waals surface area contributed by atoms with Crippen molar-refractivity contribution in [3.8, 4) is 0 Å². The van der Waals surface area contributed by atoms with E-state index in [-0.39, 0.29) is 19.6 Å². The van der Waals surface area contributed by atoms with E-state index in [2.05, 4.69) is 9.46 Å². The van der Waals surface area contributed by atoms with E-state index >= 15 is 0 Å². The van der Waals surface area contributed by atoms with Crippen LogP contribution in [0.15, 0.2) is 0 Å². The van der Waals surface area contributed by atoms with Crippen LogP contribution < -0.4 is 4.72 Å². The minimum absolute atomic E-state index is 0.000393. The quantitative estimate of drug-likeness (QED) is 0.439. The summed E-state index contributed by atoms with van der Waals surface area (Å²) in [6, 6.07) is 0. The molecule has 0 aliphatic heterocycles. The monoisotopic (exact) mass is 267 g/mol. The normalized spacial score (nSPS) is 11.1. The number of hydrogen-bond acceptors (Lipinski definition) is 5. The number of carbonyl (C=O) groups excluding carboxylic acids is 1. The molecule has 0 aromatic carbocycles.